The van der Waals surface area contributed by atoms with Gasteiger partial charge >= 0.3 is 17.9 Å². The van der Waals surface area contributed by atoms with E-state index in [-0.39, 0.29) is 89.4 Å². The van der Waals surface area contributed by atoms with Gasteiger partial charge in [-0.1, -0.05) is 93.8 Å². The molecule has 2 saturated carbocycles. The third-order valence-corrected chi connectivity index (χ3v) is 18.6. The lowest BCUT2D eigenvalue weighted by Crippen LogP contribution is -2.60. The fourth-order valence-corrected chi connectivity index (χ4v) is 13.1. The van der Waals surface area contributed by atoms with Gasteiger partial charge in [0.05, 0.1) is 38.0 Å². The molecule has 3 aliphatic heterocycles. The summed E-state index contributed by atoms with van der Waals surface area (Å²) in [6.07, 6.45) is 6.55. The molecule has 0 unspecified atom stereocenters. The van der Waals surface area contributed by atoms with Crippen LogP contribution in [0.1, 0.15) is 167 Å². The molecule has 92 heavy (non-hydrogen) atoms. The minimum Gasteiger partial charge on any atom is -0.462 e. The van der Waals surface area contributed by atoms with Crippen molar-refractivity contribution in [2.24, 2.45) is 17.8 Å². The summed E-state index contributed by atoms with van der Waals surface area (Å²) in [6.45, 7) is 4.23. The summed E-state index contributed by atoms with van der Waals surface area (Å²) < 4.78 is 29.8. The van der Waals surface area contributed by atoms with Gasteiger partial charge in [-0.05, 0) is 120 Å². The summed E-state index contributed by atoms with van der Waals surface area (Å²) in [7, 11) is 2.94. The van der Waals surface area contributed by atoms with Crippen molar-refractivity contribution in [3.63, 3.8) is 0 Å². The maximum absolute atomic E-state index is 14.6. The average Bonchev–Trinajstić information content (AvgIpc) is 1.03. The lowest BCUT2D eigenvalue weighted by atomic mass is 9.78. The van der Waals surface area contributed by atoms with Crippen molar-refractivity contribution in [2.45, 2.75) is 229 Å². The zero-order chi connectivity index (χ0) is 66.3. The molecule has 0 spiro atoms. The topological polar surface area (TPSA) is 321 Å². The maximum atomic E-state index is 14.6. The number of fused-ring (bicyclic) bond motifs is 3. The van der Waals surface area contributed by atoms with Gasteiger partial charge in [-0.25, -0.2) is 4.79 Å². The van der Waals surface area contributed by atoms with E-state index in [0.717, 1.165) is 48.3 Å². The standard InChI is InChI=1S/C68H97N7O17/c1-43(37-48-27-30-54(56(40-48)88-5)90-61(80)33-32-60(79)89-49-23-15-7-6-8-16-24-49)55-41-58(77)69-34-35-70-59(78)42-74(4)65(84)52(39-47-21-13-10-14-22-47)73-64(83)51(38-46-19-11-9-12-20-46)72-63(82)45(3)71-57(76)31-29-50-28-26-44(2)68(87,92-50)62(81)66(85)75-36-18-17-25-53(75)67(86)91-55/h9-14,19-22,43-45,48-56,87H,6-8,15-18,23-42H2,1-5H3,(H,69,77)(H,70,78)(H,71,76)(H,72,82)(H,73,83)/t43-,44-,45+,48+,50+,51+,52+,53+,54-,55+,56-,68-/m1/s1. The number of hydrogen-bond donors (Lipinski definition) is 6. The van der Waals surface area contributed by atoms with E-state index < -0.39 is 138 Å². The van der Waals surface area contributed by atoms with Crippen LogP contribution in [0.25, 0.3) is 0 Å². The number of cyclic esters (lactones) is 1. The molecular weight excluding hydrogens is 1190 g/mol. The highest BCUT2D eigenvalue weighted by molar-refractivity contribution is 6.39. The Hall–Kier alpha value is -7.31. The molecule has 0 aromatic heterocycles. The van der Waals surface area contributed by atoms with Crippen molar-refractivity contribution in [2.75, 3.05) is 40.3 Å². The van der Waals surface area contributed by atoms with Gasteiger partial charge in [0.15, 0.2) is 0 Å². The number of esters is 3. The van der Waals surface area contributed by atoms with E-state index in [4.69, 9.17) is 23.7 Å². The molecule has 6 N–H and O–H groups in total. The molecule has 0 radical (unpaired) electrons. The number of hydrogen-bond acceptors (Lipinski definition) is 17. The summed E-state index contributed by atoms with van der Waals surface area (Å²) >= 11 is 0. The van der Waals surface area contributed by atoms with E-state index in [9.17, 15) is 57.8 Å². The lowest BCUT2D eigenvalue weighted by molar-refractivity contribution is -0.263. The molecular formula is C68H97N7O17. The number of aliphatic hydroxyl groups is 1. The summed E-state index contributed by atoms with van der Waals surface area (Å²) in [5.41, 5.74) is 1.38. The van der Waals surface area contributed by atoms with Crippen molar-refractivity contribution in [1.29, 1.82) is 0 Å². The minimum absolute atomic E-state index is 0.00451. The van der Waals surface area contributed by atoms with Gasteiger partial charge < -0.3 is 65.2 Å². The molecule has 3 saturated heterocycles. The van der Waals surface area contributed by atoms with Crippen molar-refractivity contribution in [3.8, 4) is 0 Å². The number of rotatable bonds is 13. The van der Waals surface area contributed by atoms with E-state index in [0.29, 0.717) is 56.1 Å². The van der Waals surface area contributed by atoms with E-state index in [1.165, 1.54) is 27.5 Å². The number of Topliss-reactive ketones (excluding diaryl/α,β-unsaturated/α-hetero) is 1. The quantitative estimate of drug-likeness (QED) is 0.0921. The second-order valence-corrected chi connectivity index (χ2v) is 25.8. The first-order chi connectivity index (χ1) is 44.1. The Balaban J connectivity index is 1.07. The van der Waals surface area contributed by atoms with E-state index >= 15 is 0 Å². The SMILES string of the molecule is CO[C@@H]1C[C@H](C[C@@H](C)[C@@H]2CC(=O)NCCNC(=O)CN(C)C(=O)[C@H](Cc3ccccc3)NC(=O)[C@H](Cc3ccccc3)NC(=O)[C@H](C)NC(=O)CC[C@@H]3CC[C@@H](C)[C@@](O)(O3)C(=O)C(=O)N3CCCC[C@H]3C(=O)O2)CC[C@H]1OC(=O)CCC(=O)OC1CCCCCCC1. The van der Waals surface area contributed by atoms with Gasteiger partial charge in [-0.15, -0.1) is 0 Å². The maximum Gasteiger partial charge on any atom is 0.329 e. The molecule has 7 amide bonds. The molecule has 5 fully saturated rings. The van der Waals surface area contributed by atoms with Gasteiger partial charge in [0.25, 0.3) is 11.7 Å². The van der Waals surface area contributed by atoms with Gasteiger partial charge in [-0.2, -0.15) is 0 Å². The average molecular weight is 1280 g/mol. The molecule has 24 nitrogen and oxygen atoms in total. The normalized spacial score (nSPS) is 29.4. The Morgan fingerprint density at radius 1 is 0.674 bits per heavy atom. The molecule has 2 bridgehead atoms. The zero-order valence-electron chi connectivity index (χ0n) is 54.2. The van der Waals surface area contributed by atoms with Crippen LogP contribution in [0.15, 0.2) is 60.7 Å². The molecule has 2 aromatic rings. The number of ketones is 1. The first-order valence-corrected chi connectivity index (χ1v) is 33.2. The number of nitrogens with one attached hydrogen (secondary N) is 5. The Morgan fingerprint density at radius 3 is 1.95 bits per heavy atom. The Kier molecular flexibility index (Phi) is 27.9. The molecule has 2 aromatic carbocycles. The van der Waals surface area contributed by atoms with Crippen LogP contribution in [0.2, 0.25) is 0 Å². The number of ether oxygens (including phenoxy) is 5. The van der Waals surface area contributed by atoms with E-state index in [1.807, 2.05) is 6.92 Å². The highest BCUT2D eigenvalue weighted by Gasteiger charge is 2.53. The number of carbonyl (C=O) groups excluding carboxylic acids is 11. The highest BCUT2D eigenvalue weighted by Crippen LogP contribution is 2.37. The fraction of sp³-hybridized carbons (Fsp3) is 0.662. The molecule has 2 aliphatic carbocycles. The predicted molar refractivity (Wildman–Crippen MR) is 335 cm³/mol. The summed E-state index contributed by atoms with van der Waals surface area (Å²) in [4.78, 5) is 155. The van der Waals surface area contributed by atoms with Crippen LogP contribution in [-0.2, 0) is 89.3 Å². The van der Waals surface area contributed by atoms with Crippen LogP contribution in [-0.4, -0.2) is 181 Å². The first kappa shape index (κ1) is 72.1. The lowest BCUT2D eigenvalue weighted by Gasteiger charge is -2.42. The third-order valence-electron chi connectivity index (χ3n) is 18.6. The van der Waals surface area contributed by atoms with Crippen LogP contribution in [0.3, 0.4) is 0 Å². The number of carbonyl (C=O) groups is 11. The summed E-state index contributed by atoms with van der Waals surface area (Å²) in [5, 5.41) is 25.7. The van der Waals surface area contributed by atoms with Crippen LogP contribution in [0.4, 0.5) is 0 Å². The van der Waals surface area contributed by atoms with Crippen molar-refractivity contribution < 1.29 is 81.5 Å². The summed E-state index contributed by atoms with van der Waals surface area (Å²) in [5.74, 6) is -12.0. The van der Waals surface area contributed by atoms with Crippen molar-refractivity contribution in [3.05, 3.63) is 71.8 Å². The van der Waals surface area contributed by atoms with Crippen LogP contribution >= 0.6 is 0 Å². The van der Waals surface area contributed by atoms with Gasteiger partial charge in [0.2, 0.25) is 41.2 Å². The number of nitrogens with zero attached hydrogens (tertiary/aromatic N) is 2. The Morgan fingerprint density at radius 2 is 1.28 bits per heavy atom. The molecule has 7 rings (SSSR count). The second kappa shape index (κ2) is 35.7. The van der Waals surface area contributed by atoms with Gasteiger partial charge in [0, 0.05) is 59.0 Å². The predicted octanol–water partition coefficient (Wildman–Crippen LogP) is 4.38. The summed E-state index contributed by atoms with van der Waals surface area (Å²) in [6, 6.07) is 12.9. The second-order valence-electron chi connectivity index (χ2n) is 25.8. The number of amides is 7. The molecule has 12 atom stereocenters. The number of methoxy groups -OCH3 is 1. The Labute approximate surface area is 539 Å². The highest BCUT2D eigenvalue weighted by atomic mass is 16.6. The molecule has 3 heterocycles. The zero-order valence-corrected chi connectivity index (χ0v) is 54.2. The number of benzene rings is 2. The van der Waals surface area contributed by atoms with Gasteiger partial charge in [0.1, 0.15) is 42.5 Å². The largest absolute Gasteiger partial charge is 0.462 e. The number of likely N-dealkylation sites (N-methyl/N-ethyl adjacent to an activating group) is 1. The minimum atomic E-state index is -2.63. The van der Waals surface area contributed by atoms with Crippen LogP contribution in [0.5, 0.6) is 0 Å². The van der Waals surface area contributed by atoms with Crippen molar-refractivity contribution in [1.82, 2.24) is 36.4 Å². The third kappa shape index (κ3) is 21.6. The smallest absolute Gasteiger partial charge is 0.329 e. The van der Waals surface area contributed by atoms with Crippen molar-refractivity contribution >= 4 is 65.0 Å². The monoisotopic (exact) mass is 1280 g/mol. The first-order valence-electron chi connectivity index (χ1n) is 33.2. The van der Waals surface area contributed by atoms with E-state index in [2.05, 4.69) is 26.6 Å². The molecule has 24 heteroatoms. The van der Waals surface area contributed by atoms with E-state index in [1.54, 1.807) is 67.6 Å². The molecule has 506 valence electrons. The van der Waals surface area contributed by atoms with Crippen LogP contribution < -0.4 is 26.6 Å². The number of piperidine rings is 1. The Bertz CT molecular complexity index is 2840. The molecule has 5 aliphatic rings. The van der Waals surface area contributed by atoms with Gasteiger partial charge in [-0.3, -0.25) is 47.9 Å². The fourth-order valence-electron chi connectivity index (χ4n) is 13.1. The van der Waals surface area contributed by atoms with Crippen LogP contribution in [0, 0.1) is 17.8 Å².